The third-order valence-corrected chi connectivity index (χ3v) is 4.41. The molecule has 2 rings (SSSR count). The zero-order chi connectivity index (χ0) is 13.8. The molecule has 0 bridgehead atoms. The fraction of sp³-hybridized carbons (Fsp3) is 0.400. The molecule has 0 aliphatic carbocycles. The minimum Gasteiger partial charge on any atom is -0.393 e. The summed E-state index contributed by atoms with van der Waals surface area (Å²) in [7, 11) is 0. The van der Waals surface area contributed by atoms with Crippen LogP contribution in [0.25, 0.3) is 10.1 Å². The summed E-state index contributed by atoms with van der Waals surface area (Å²) in [5.41, 5.74) is 1.05. The zero-order valence-corrected chi connectivity index (χ0v) is 12.1. The Hall–Kier alpha value is -1.39. The molecule has 0 saturated heterocycles. The maximum atomic E-state index is 12.1. The van der Waals surface area contributed by atoms with Gasteiger partial charge in [-0.3, -0.25) is 4.79 Å². The van der Waals surface area contributed by atoms with E-state index in [1.54, 1.807) is 6.92 Å². The van der Waals surface area contributed by atoms with Crippen molar-refractivity contribution in [2.75, 3.05) is 6.54 Å². The Balaban J connectivity index is 2.03. The molecular weight excluding hydrogens is 258 g/mol. The monoisotopic (exact) mass is 277 g/mol. The Morgan fingerprint density at radius 1 is 1.42 bits per heavy atom. The second-order valence-electron chi connectivity index (χ2n) is 4.80. The van der Waals surface area contributed by atoms with Gasteiger partial charge in [-0.15, -0.1) is 11.3 Å². The highest BCUT2D eigenvalue weighted by Gasteiger charge is 2.14. The lowest BCUT2D eigenvalue weighted by molar-refractivity contribution is 0.0953. The van der Waals surface area contributed by atoms with Crippen LogP contribution < -0.4 is 5.32 Å². The smallest absolute Gasteiger partial charge is 0.261 e. The van der Waals surface area contributed by atoms with Gasteiger partial charge >= 0.3 is 0 Å². The number of hydrogen-bond donors (Lipinski definition) is 2. The summed E-state index contributed by atoms with van der Waals surface area (Å²) >= 11 is 1.53. The van der Waals surface area contributed by atoms with E-state index >= 15 is 0 Å². The van der Waals surface area contributed by atoms with E-state index < -0.39 is 0 Å². The number of hydrogen-bond acceptors (Lipinski definition) is 3. The van der Waals surface area contributed by atoms with E-state index in [9.17, 15) is 4.79 Å². The second-order valence-corrected chi connectivity index (χ2v) is 5.85. The number of benzene rings is 1. The highest BCUT2D eigenvalue weighted by atomic mass is 32.1. The molecule has 1 heterocycles. The number of fused-ring (bicyclic) bond motifs is 1. The lowest BCUT2D eigenvalue weighted by Gasteiger charge is -2.06. The van der Waals surface area contributed by atoms with Crippen molar-refractivity contribution in [3.63, 3.8) is 0 Å². The lowest BCUT2D eigenvalue weighted by atomic mass is 10.1. The predicted molar refractivity (Wildman–Crippen MR) is 79.8 cm³/mol. The van der Waals surface area contributed by atoms with E-state index in [2.05, 4.69) is 5.32 Å². The number of aryl methyl sites for hydroxylation is 1. The van der Waals surface area contributed by atoms with Gasteiger partial charge < -0.3 is 10.4 Å². The van der Waals surface area contributed by atoms with Crippen LogP contribution in [0.4, 0.5) is 0 Å². The first-order valence-corrected chi connectivity index (χ1v) is 7.35. The highest BCUT2D eigenvalue weighted by Crippen LogP contribution is 2.30. The number of rotatable bonds is 5. The van der Waals surface area contributed by atoms with E-state index in [1.165, 1.54) is 11.3 Å². The van der Waals surface area contributed by atoms with E-state index in [0.717, 1.165) is 26.9 Å². The normalized spacial score (nSPS) is 12.6. The Kier molecular flexibility index (Phi) is 4.56. The number of aliphatic hydroxyl groups is 1. The van der Waals surface area contributed by atoms with Crippen LogP contribution in [-0.4, -0.2) is 23.7 Å². The molecular formula is C15H19NO2S. The van der Waals surface area contributed by atoms with Crippen LogP contribution in [0.1, 0.15) is 35.0 Å². The first-order chi connectivity index (χ1) is 9.09. The molecule has 1 aromatic heterocycles. The molecule has 0 aliphatic rings. The lowest BCUT2D eigenvalue weighted by Crippen LogP contribution is -2.24. The molecule has 3 nitrogen and oxygen atoms in total. The maximum Gasteiger partial charge on any atom is 0.261 e. The molecule has 0 fully saturated rings. The van der Waals surface area contributed by atoms with Crippen LogP contribution in [0, 0.1) is 6.92 Å². The summed E-state index contributed by atoms with van der Waals surface area (Å²) in [4.78, 5) is 12.9. The van der Waals surface area contributed by atoms with Gasteiger partial charge in [0.05, 0.1) is 11.0 Å². The summed E-state index contributed by atoms with van der Waals surface area (Å²) < 4.78 is 1.15. The fourth-order valence-corrected chi connectivity index (χ4v) is 3.20. The van der Waals surface area contributed by atoms with Crippen molar-refractivity contribution in [3.05, 3.63) is 34.7 Å². The average molecular weight is 277 g/mol. The first-order valence-electron chi connectivity index (χ1n) is 6.54. The van der Waals surface area contributed by atoms with Crippen molar-refractivity contribution in [1.29, 1.82) is 0 Å². The number of carbonyl (C=O) groups is 1. The summed E-state index contributed by atoms with van der Waals surface area (Å²) in [6, 6.07) is 8.07. The second kappa shape index (κ2) is 6.17. The molecule has 2 N–H and O–H groups in total. The summed E-state index contributed by atoms with van der Waals surface area (Å²) in [6.07, 6.45) is 1.21. The summed E-state index contributed by atoms with van der Waals surface area (Å²) in [5.74, 6) is -0.00991. The average Bonchev–Trinajstić information content (AvgIpc) is 2.72. The van der Waals surface area contributed by atoms with Crippen LogP contribution in [0.15, 0.2) is 24.3 Å². The molecule has 0 saturated carbocycles. The third-order valence-electron chi connectivity index (χ3n) is 3.13. The van der Waals surface area contributed by atoms with Crippen molar-refractivity contribution >= 4 is 27.3 Å². The van der Waals surface area contributed by atoms with Crippen LogP contribution in [-0.2, 0) is 0 Å². The van der Waals surface area contributed by atoms with Crippen LogP contribution >= 0.6 is 11.3 Å². The number of aliphatic hydroxyl groups excluding tert-OH is 1. The third kappa shape index (κ3) is 3.33. The fourth-order valence-electron chi connectivity index (χ4n) is 2.07. The summed E-state index contributed by atoms with van der Waals surface area (Å²) in [6.45, 7) is 4.36. The Labute approximate surface area is 117 Å². The largest absolute Gasteiger partial charge is 0.393 e. The standard InChI is InChI=1S/C15H19NO2S/c1-10(17)6-5-9-16-15(18)14-11(2)12-7-3-4-8-13(12)19-14/h3-4,7-8,10,17H,5-6,9H2,1-2H3,(H,16,18). The van der Waals surface area contributed by atoms with Gasteiger partial charge in [-0.25, -0.2) is 0 Å². The number of amides is 1. The Bertz CT molecular complexity index is 575. The molecule has 2 aromatic rings. The molecule has 0 aliphatic heterocycles. The molecule has 0 spiro atoms. The Morgan fingerprint density at radius 3 is 2.84 bits per heavy atom. The minimum absolute atomic E-state index is 0.00991. The van der Waals surface area contributed by atoms with E-state index in [0.29, 0.717) is 13.0 Å². The van der Waals surface area contributed by atoms with Gasteiger partial charge in [0.15, 0.2) is 0 Å². The van der Waals surface area contributed by atoms with Gasteiger partial charge in [-0.05, 0) is 43.7 Å². The van der Waals surface area contributed by atoms with Gasteiger partial charge in [-0.1, -0.05) is 18.2 Å². The van der Waals surface area contributed by atoms with Crippen molar-refractivity contribution in [3.8, 4) is 0 Å². The SMILES string of the molecule is Cc1c(C(=O)NCCCC(C)O)sc2ccccc12. The van der Waals surface area contributed by atoms with Crippen LogP contribution in [0.2, 0.25) is 0 Å². The van der Waals surface area contributed by atoms with Gasteiger partial charge in [0.1, 0.15) is 0 Å². The van der Waals surface area contributed by atoms with Gasteiger partial charge in [0.25, 0.3) is 5.91 Å². The molecule has 19 heavy (non-hydrogen) atoms. The number of carbonyl (C=O) groups excluding carboxylic acids is 1. The minimum atomic E-state index is -0.303. The van der Waals surface area contributed by atoms with Crippen molar-refractivity contribution in [2.45, 2.75) is 32.8 Å². The van der Waals surface area contributed by atoms with Crippen LogP contribution in [0.5, 0.6) is 0 Å². The Morgan fingerprint density at radius 2 is 2.16 bits per heavy atom. The highest BCUT2D eigenvalue weighted by molar-refractivity contribution is 7.21. The van der Waals surface area contributed by atoms with E-state index in [1.807, 2.05) is 31.2 Å². The van der Waals surface area contributed by atoms with Gasteiger partial charge in [-0.2, -0.15) is 0 Å². The van der Waals surface area contributed by atoms with Crippen molar-refractivity contribution < 1.29 is 9.90 Å². The van der Waals surface area contributed by atoms with Gasteiger partial charge in [0.2, 0.25) is 0 Å². The predicted octanol–water partition coefficient (Wildman–Crippen LogP) is 3.10. The molecule has 0 radical (unpaired) electrons. The zero-order valence-electron chi connectivity index (χ0n) is 11.3. The maximum absolute atomic E-state index is 12.1. The molecule has 102 valence electrons. The molecule has 1 aromatic carbocycles. The summed E-state index contributed by atoms with van der Waals surface area (Å²) in [5, 5.41) is 13.2. The topological polar surface area (TPSA) is 49.3 Å². The van der Waals surface area contributed by atoms with E-state index in [-0.39, 0.29) is 12.0 Å². The molecule has 1 unspecified atom stereocenters. The molecule has 1 atom stereocenters. The van der Waals surface area contributed by atoms with Crippen molar-refractivity contribution in [2.24, 2.45) is 0 Å². The van der Waals surface area contributed by atoms with Gasteiger partial charge in [0, 0.05) is 11.2 Å². The quantitative estimate of drug-likeness (QED) is 0.825. The molecule has 4 heteroatoms. The van der Waals surface area contributed by atoms with E-state index in [4.69, 9.17) is 5.11 Å². The van der Waals surface area contributed by atoms with Crippen molar-refractivity contribution in [1.82, 2.24) is 5.32 Å². The number of thiophene rings is 1. The first kappa shape index (κ1) is 14.0. The molecule has 1 amide bonds. The van der Waals surface area contributed by atoms with Crippen LogP contribution in [0.3, 0.4) is 0 Å². The number of nitrogens with one attached hydrogen (secondary N) is 1.